The van der Waals surface area contributed by atoms with E-state index in [1.165, 1.54) is 6.08 Å². The molecule has 4 heteroatoms. The van der Waals surface area contributed by atoms with Crippen molar-refractivity contribution < 1.29 is 19.1 Å². The van der Waals surface area contributed by atoms with Crippen LogP contribution >= 0.6 is 0 Å². The minimum absolute atomic E-state index is 0.148. The third-order valence-electron chi connectivity index (χ3n) is 3.49. The molecule has 0 spiro atoms. The molecule has 0 saturated heterocycles. The fourth-order valence-electron chi connectivity index (χ4n) is 1.84. The van der Waals surface area contributed by atoms with Crippen molar-refractivity contribution >= 4 is 18.0 Å². The maximum Gasteiger partial charge on any atom is 0.336 e. The van der Waals surface area contributed by atoms with Crippen molar-refractivity contribution in [2.45, 2.75) is 20.3 Å². The van der Waals surface area contributed by atoms with Crippen molar-refractivity contribution in [3.05, 3.63) is 66.2 Å². The Morgan fingerprint density at radius 2 is 1.54 bits per heavy atom. The van der Waals surface area contributed by atoms with Gasteiger partial charge in [-0.2, -0.15) is 0 Å². The summed E-state index contributed by atoms with van der Waals surface area (Å²) in [6.07, 6.45) is 3.78. The Bertz CT molecular complexity index is 702. The van der Waals surface area contributed by atoms with E-state index in [2.05, 4.69) is 0 Å². The first-order valence-electron chi connectivity index (χ1n) is 7.85. The first-order valence-corrected chi connectivity index (χ1v) is 7.85. The number of benzene rings is 2. The van der Waals surface area contributed by atoms with Gasteiger partial charge in [-0.15, -0.1) is 0 Å². The molecular weight excluding hydrogens is 304 g/mol. The second kappa shape index (κ2) is 8.67. The fraction of sp³-hybridized carbons (Fsp3) is 0.200. The molecule has 0 aliphatic rings. The van der Waals surface area contributed by atoms with Crippen LogP contribution in [0.3, 0.4) is 0 Å². The lowest BCUT2D eigenvalue weighted by molar-refractivity contribution is -0.138. The summed E-state index contributed by atoms with van der Waals surface area (Å²) < 4.78 is 10.4. The molecule has 0 fully saturated rings. The standard InChI is InChI=1S/C20H20O4/c1-3-15(2)20(22)24-18-12-10-17(11-13-18)23-19(21)14-9-16-7-5-4-6-8-16/h4-15H,3H2,1-2H3. The average molecular weight is 324 g/mol. The van der Waals surface area contributed by atoms with Crippen LogP contribution in [0.4, 0.5) is 0 Å². The Morgan fingerprint density at radius 3 is 2.12 bits per heavy atom. The highest BCUT2D eigenvalue weighted by molar-refractivity contribution is 5.88. The minimum Gasteiger partial charge on any atom is -0.426 e. The lowest BCUT2D eigenvalue weighted by atomic mass is 10.1. The van der Waals surface area contributed by atoms with Crippen molar-refractivity contribution in [3.63, 3.8) is 0 Å². The Kier molecular flexibility index (Phi) is 6.32. The van der Waals surface area contributed by atoms with Crippen molar-refractivity contribution in [2.24, 2.45) is 5.92 Å². The number of ether oxygens (including phenoxy) is 2. The van der Waals surface area contributed by atoms with Crippen LogP contribution in [0, 0.1) is 5.92 Å². The summed E-state index contributed by atoms with van der Waals surface area (Å²) in [5.41, 5.74) is 0.918. The molecule has 2 rings (SSSR count). The van der Waals surface area contributed by atoms with E-state index in [1.54, 1.807) is 30.3 Å². The van der Waals surface area contributed by atoms with Gasteiger partial charge < -0.3 is 9.47 Å². The molecule has 0 heterocycles. The van der Waals surface area contributed by atoms with E-state index in [0.29, 0.717) is 11.5 Å². The summed E-state index contributed by atoms with van der Waals surface area (Å²) in [6, 6.07) is 15.9. The van der Waals surface area contributed by atoms with Crippen molar-refractivity contribution in [2.75, 3.05) is 0 Å². The smallest absolute Gasteiger partial charge is 0.336 e. The topological polar surface area (TPSA) is 52.6 Å². The lowest BCUT2D eigenvalue weighted by Crippen LogP contribution is -2.16. The summed E-state index contributed by atoms with van der Waals surface area (Å²) in [6.45, 7) is 3.75. The summed E-state index contributed by atoms with van der Waals surface area (Å²) in [5.74, 6) is -0.0668. The second-order valence-corrected chi connectivity index (χ2v) is 5.37. The van der Waals surface area contributed by atoms with Gasteiger partial charge in [-0.05, 0) is 42.3 Å². The van der Waals surface area contributed by atoms with Gasteiger partial charge in [0.15, 0.2) is 0 Å². The van der Waals surface area contributed by atoms with Gasteiger partial charge in [0, 0.05) is 6.08 Å². The van der Waals surface area contributed by atoms with E-state index in [4.69, 9.17) is 9.47 Å². The van der Waals surface area contributed by atoms with Crippen LogP contribution in [0.2, 0.25) is 0 Å². The monoisotopic (exact) mass is 324 g/mol. The maximum absolute atomic E-state index is 11.8. The molecule has 0 radical (unpaired) electrons. The van der Waals surface area contributed by atoms with Gasteiger partial charge >= 0.3 is 11.9 Å². The van der Waals surface area contributed by atoms with Gasteiger partial charge in [-0.25, -0.2) is 4.79 Å². The van der Waals surface area contributed by atoms with Gasteiger partial charge in [0.2, 0.25) is 0 Å². The molecule has 0 bridgehead atoms. The molecule has 0 aliphatic carbocycles. The van der Waals surface area contributed by atoms with Gasteiger partial charge in [0.05, 0.1) is 5.92 Å². The first kappa shape index (κ1) is 17.5. The highest BCUT2D eigenvalue weighted by atomic mass is 16.5. The molecule has 24 heavy (non-hydrogen) atoms. The zero-order chi connectivity index (χ0) is 17.4. The van der Waals surface area contributed by atoms with Gasteiger partial charge in [-0.1, -0.05) is 44.2 Å². The number of carbonyl (C=O) groups is 2. The molecule has 0 N–H and O–H groups in total. The molecule has 2 aromatic rings. The molecule has 1 unspecified atom stereocenters. The van der Waals surface area contributed by atoms with E-state index in [9.17, 15) is 9.59 Å². The van der Waals surface area contributed by atoms with Crippen LogP contribution < -0.4 is 9.47 Å². The summed E-state index contributed by atoms with van der Waals surface area (Å²) in [7, 11) is 0. The summed E-state index contributed by atoms with van der Waals surface area (Å²) >= 11 is 0. The first-order chi connectivity index (χ1) is 11.6. The van der Waals surface area contributed by atoms with E-state index >= 15 is 0 Å². The Labute approximate surface area is 141 Å². The molecule has 1 atom stereocenters. The van der Waals surface area contributed by atoms with E-state index in [-0.39, 0.29) is 11.9 Å². The van der Waals surface area contributed by atoms with Crippen LogP contribution in [0.5, 0.6) is 11.5 Å². The highest BCUT2D eigenvalue weighted by Crippen LogP contribution is 2.19. The number of esters is 2. The van der Waals surface area contributed by atoms with Crippen molar-refractivity contribution in [1.82, 2.24) is 0 Å². The summed E-state index contributed by atoms with van der Waals surface area (Å²) in [5, 5.41) is 0. The molecule has 0 aromatic heterocycles. The third-order valence-corrected chi connectivity index (χ3v) is 3.49. The van der Waals surface area contributed by atoms with E-state index in [0.717, 1.165) is 12.0 Å². The molecule has 4 nitrogen and oxygen atoms in total. The predicted octanol–water partition coefficient (Wildman–Crippen LogP) is 4.26. The largest absolute Gasteiger partial charge is 0.426 e. The number of hydrogen-bond donors (Lipinski definition) is 0. The van der Waals surface area contributed by atoms with Gasteiger partial charge in [0.1, 0.15) is 11.5 Å². The Hall–Kier alpha value is -2.88. The van der Waals surface area contributed by atoms with E-state index < -0.39 is 5.97 Å². The number of hydrogen-bond acceptors (Lipinski definition) is 4. The lowest BCUT2D eigenvalue weighted by Gasteiger charge is -2.09. The zero-order valence-corrected chi connectivity index (χ0v) is 13.8. The normalized spacial score (nSPS) is 11.9. The van der Waals surface area contributed by atoms with Crippen LogP contribution in [-0.4, -0.2) is 11.9 Å². The number of rotatable bonds is 6. The Balaban J connectivity index is 1.90. The molecular formula is C20H20O4. The zero-order valence-electron chi connectivity index (χ0n) is 13.8. The highest BCUT2D eigenvalue weighted by Gasteiger charge is 2.13. The van der Waals surface area contributed by atoms with Crippen LogP contribution in [0.15, 0.2) is 60.7 Å². The molecule has 124 valence electrons. The SMILES string of the molecule is CCC(C)C(=O)Oc1ccc(OC(=O)C=Cc2ccccc2)cc1. The second-order valence-electron chi connectivity index (χ2n) is 5.37. The Morgan fingerprint density at radius 1 is 0.958 bits per heavy atom. The maximum atomic E-state index is 11.8. The van der Waals surface area contributed by atoms with E-state index in [1.807, 2.05) is 44.2 Å². The fourth-order valence-corrected chi connectivity index (χ4v) is 1.84. The molecule has 0 aliphatic heterocycles. The van der Waals surface area contributed by atoms with Crippen molar-refractivity contribution in [3.8, 4) is 11.5 Å². The van der Waals surface area contributed by atoms with Gasteiger partial charge in [0.25, 0.3) is 0 Å². The third kappa shape index (κ3) is 5.39. The molecule has 0 saturated carbocycles. The average Bonchev–Trinajstić information content (AvgIpc) is 2.61. The summed E-state index contributed by atoms with van der Waals surface area (Å²) in [4.78, 5) is 23.5. The minimum atomic E-state index is -0.469. The van der Waals surface area contributed by atoms with Crippen LogP contribution in [-0.2, 0) is 9.59 Å². The quantitative estimate of drug-likeness (QED) is 0.453. The van der Waals surface area contributed by atoms with Crippen LogP contribution in [0.25, 0.3) is 6.08 Å². The molecule has 2 aromatic carbocycles. The van der Waals surface area contributed by atoms with Gasteiger partial charge in [-0.3, -0.25) is 4.79 Å². The number of carbonyl (C=O) groups excluding carboxylic acids is 2. The van der Waals surface area contributed by atoms with Crippen LogP contribution in [0.1, 0.15) is 25.8 Å². The van der Waals surface area contributed by atoms with Crippen molar-refractivity contribution in [1.29, 1.82) is 0 Å². The predicted molar refractivity (Wildman–Crippen MR) is 92.6 cm³/mol. The molecule has 0 amide bonds.